The van der Waals surface area contributed by atoms with E-state index in [1.165, 1.54) is 30.3 Å². The highest BCUT2D eigenvalue weighted by Crippen LogP contribution is 2.30. The van der Waals surface area contributed by atoms with Gasteiger partial charge in [-0.2, -0.15) is 17.6 Å². The second kappa shape index (κ2) is 4.16. The number of hydrogen-bond acceptors (Lipinski definition) is 1. The summed E-state index contributed by atoms with van der Waals surface area (Å²) in [5.74, 6) is -0.664. The first-order valence-electron chi connectivity index (χ1n) is 4.77. The van der Waals surface area contributed by atoms with Gasteiger partial charge in [-0.25, -0.2) is 4.98 Å². The minimum atomic E-state index is -4.37. The molecular formula is C12H7F4N. The first kappa shape index (κ1) is 11.6. The SMILES string of the molecule is Fc1cccc(-c2ccc(C(F)(F)F)cc2)n1. The van der Waals surface area contributed by atoms with Crippen molar-refractivity contribution < 1.29 is 17.6 Å². The molecule has 0 N–H and O–H groups in total. The van der Waals surface area contributed by atoms with Crippen molar-refractivity contribution in [2.24, 2.45) is 0 Å². The highest BCUT2D eigenvalue weighted by Gasteiger charge is 2.29. The largest absolute Gasteiger partial charge is 0.416 e. The first-order chi connectivity index (χ1) is 7.97. The summed E-state index contributed by atoms with van der Waals surface area (Å²) >= 11 is 0. The van der Waals surface area contributed by atoms with E-state index in [2.05, 4.69) is 4.98 Å². The summed E-state index contributed by atoms with van der Waals surface area (Å²) in [5.41, 5.74) is 0.00822. The van der Waals surface area contributed by atoms with Crippen LogP contribution in [-0.4, -0.2) is 4.98 Å². The Hall–Kier alpha value is -1.91. The molecule has 0 unspecified atom stereocenters. The lowest BCUT2D eigenvalue weighted by Crippen LogP contribution is -2.04. The molecule has 5 heteroatoms. The normalized spacial score (nSPS) is 11.5. The van der Waals surface area contributed by atoms with Crippen LogP contribution in [0.5, 0.6) is 0 Å². The van der Waals surface area contributed by atoms with Gasteiger partial charge in [0, 0.05) is 5.56 Å². The molecule has 2 rings (SSSR count). The minimum Gasteiger partial charge on any atom is -0.220 e. The van der Waals surface area contributed by atoms with E-state index in [9.17, 15) is 17.6 Å². The number of rotatable bonds is 1. The Morgan fingerprint density at radius 2 is 1.53 bits per heavy atom. The van der Waals surface area contributed by atoms with Gasteiger partial charge in [0.1, 0.15) is 0 Å². The van der Waals surface area contributed by atoms with Crippen molar-refractivity contribution in [3.63, 3.8) is 0 Å². The molecule has 1 aromatic heterocycles. The van der Waals surface area contributed by atoms with Gasteiger partial charge in [0.15, 0.2) is 0 Å². The lowest BCUT2D eigenvalue weighted by molar-refractivity contribution is -0.137. The molecule has 0 saturated heterocycles. The Labute approximate surface area is 94.7 Å². The second-order valence-corrected chi connectivity index (χ2v) is 3.42. The summed E-state index contributed by atoms with van der Waals surface area (Å²) < 4.78 is 49.8. The second-order valence-electron chi connectivity index (χ2n) is 3.42. The molecule has 0 aliphatic carbocycles. The van der Waals surface area contributed by atoms with Crippen molar-refractivity contribution in [3.05, 3.63) is 54.0 Å². The first-order valence-corrected chi connectivity index (χ1v) is 4.77. The van der Waals surface area contributed by atoms with Gasteiger partial charge < -0.3 is 0 Å². The number of nitrogens with zero attached hydrogens (tertiary/aromatic N) is 1. The Morgan fingerprint density at radius 1 is 0.882 bits per heavy atom. The maximum absolute atomic E-state index is 12.8. The predicted molar refractivity (Wildman–Crippen MR) is 54.6 cm³/mol. The van der Waals surface area contributed by atoms with E-state index in [1.54, 1.807) is 0 Å². The van der Waals surface area contributed by atoms with E-state index in [-0.39, 0.29) is 0 Å². The summed E-state index contributed by atoms with van der Waals surface area (Å²) in [4.78, 5) is 3.59. The van der Waals surface area contributed by atoms with Crippen molar-refractivity contribution in [1.29, 1.82) is 0 Å². The summed E-state index contributed by atoms with van der Waals surface area (Å²) in [6.07, 6.45) is -4.37. The average Bonchev–Trinajstić information content (AvgIpc) is 2.28. The molecule has 0 radical (unpaired) electrons. The number of aromatic nitrogens is 1. The van der Waals surface area contributed by atoms with Crippen molar-refractivity contribution in [1.82, 2.24) is 4.98 Å². The third-order valence-corrected chi connectivity index (χ3v) is 2.22. The highest BCUT2D eigenvalue weighted by molar-refractivity contribution is 5.59. The third-order valence-electron chi connectivity index (χ3n) is 2.22. The zero-order valence-corrected chi connectivity index (χ0v) is 8.50. The van der Waals surface area contributed by atoms with E-state index in [0.29, 0.717) is 11.3 Å². The number of pyridine rings is 1. The van der Waals surface area contributed by atoms with Crippen LogP contribution >= 0.6 is 0 Å². The Balaban J connectivity index is 2.36. The zero-order valence-electron chi connectivity index (χ0n) is 8.50. The summed E-state index contributed by atoms with van der Waals surface area (Å²) in [5, 5.41) is 0. The van der Waals surface area contributed by atoms with Crippen LogP contribution in [0.15, 0.2) is 42.5 Å². The van der Waals surface area contributed by atoms with E-state index in [0.717, 1.165) is 12.1 Å². The molecule has 0 amide bonds. The van der Waals surface area contributed by atoms with Crippen molar-refractivity contribution in [2.45, 2.75) is 6.18 Å². The molecule has 0 saturated carbocycles. The molecule has 1 nitrogen and oxygen atoms in total. The molecular weight excluding hydrogens is 234 g/mol. The third kappa shape index (κ3) is 2.61. The number of hydrogen-bond donors (Lipinski definition) is 0. The van der Waals surface area contributed by atoms with Crippen LogP contribution in [-0.2, 0) is 6.18 Å². The van der Waals surface area contributed by atoms with Crippen molar-refractivity contribution in [2.75, 3.05) is 0 Å². The molecule has 0 atom stereocenters. The van der Waals surface area contributed by atoms with Gasteiger partial charge in [0.25, 0.3) is 0 Å². The lowest BCUT2D eigenvalue weighted by atomic mass is 10.1. The average molecular weight is 241 g/mol. The molecule has 1 heterocycles. The Kier molecular flexibility index (Phi) is 2.83. The maximum atomic E-state index is 12.8. The standard InChI is InChI=1S/C12H7F4N/c13-11-3-1-2-10(17-11)8-4-6-9(7-5-8)12(14,15)16/h1-7H. The van der Waals surface area contributed by atoms with Crippen LogP contribution < -0.4 is 0 Å². The van der Waals surface area contributed by atoms with Crippen molar-refractivity contribution >= 4 is 0 Å². The highest BCUT2D eigenvalue weighted by atomic mass is 19.4. The van der Waals surface area contributed by atoms with Crippen LogP contribution in [0.3, 0.4) is 0 Å². The van der Waals surface area contributed by atoms with E-state index in [1.807, 2.05) is 0 Å². The molecule has 17 heavy (non-hydrogen) atoms. The predicted octanol–water partition coefficient (Wildman–Crippen LogP) is 3.91. The number of alkyl halides is 3. The Bertz CT molecular complexity index is 517. The smallest absolute Gasteiger partial charge is 0.220 e. The van der Waals surface area contributed by atoms with Crippen LogP contribution in [0.4, 0.5) is 17.6 Å². The van der Waals surface area contributed by atoms with Gasteiger partial charge in [-0.3, -0.25) is 0 Å². The van der Waals surface area contributed by atoms with E-state index < -0.39 is 17.7 Å². The molecule has 0 bridgehead atoms. The quantitative estimate of drug-likeness (QED) is 0.545. The molecule has 0 aliphatic heterocycles. The fourth-order valence-corrected chi connectivity index (χ4v) is 1.40. The van der Waals surface area contributed by atoms with Crippen LogP contribution in [0.25, 0.3) is 11.3 Å². The van der Waals surface area contributed by atoms with Crippen LogP contribution in [0.2, 0.25) is 0 Å². The zero-order chi connectivity index (χ0) is 12.5. The van der Waals surface area contributed by atoms with E-state index >= 15 is 0 Å². The molecule has 0 aliphatic rings. The molecule has 0 fully saturated rings. The monoisotopic (exact) mass is 241 g/mol. The summed E-state index contributed by atoms with van der Waals surface area (Å²) in [6, 6.07) is 8.59. The van der Waals surface area contributed by atoms with Crippen molar-refractivity contribution in [3.8, 4) is 11.3 Å². The maximum Gasteiger partial charge on any atom is 0.416 e. The number of halogens is 4. The molecule has 1 aromatic carbocycles. The van der Waals surface area contributed by atoms with Gasteiger partial charge in [-0.05, 0) is 24.3 Å². The lowest BCUT2D eigenvalue weighted by Gasteiger charge is -2.07. The summed E-state index contributed by atoms with van der Waals surface area (Å²) in [7, 11) is 0. The number of benzene rings is 1. The van der Waals surface area contributed by atoms with Crippen LogP contribution in [0.1, 0.15) is 5.56 Å². The fourth-order valence-electron chi connectivity index (χ4n) is 1.40. The van der Waals surface area contributed by atoms with Gasteiger partial charge in [0.2, 0.25) is 5.95 Å². The minimum absolute atomic E-state index is 0.304. The van der Waals surface area contributed by atoms with Gasteiger partial charge in [0.05, 0.1) is 11.3 Å². The molecule has 2 aromatic rings. The van der Waals surface area contributed by atoms with Gasteiger partial charge in [-0.15, -0.1) is 0 Å². The summed E-state index contributed by atoms with van der Waals surface area (Å²) in [6.45, 7) is 0. The molecule has 0 spiro atoms. The van der Waals surface area contributed by atoms with E-state index in [4.69, 9.17) is 0 Å². The molecule has 88 valence electrons. The van der Waals surface area contributed by atoms with Gasteiger partial charge in [-0.1, -0.05) is 18.2 Å². The fraction of sp³-hybridized carbons (Fsp3) is 0.0833. The van der Waals surface area contributed by atoms with Gasteiger partial charge >= 0.3 is 6.18 Å². The van der Waals surface area contributed by atoms with Crippen LogP contribution in [0, 0.1) is 5.95 Å². The Morgan fingerprint density at radius 3 is 2.06 bits per heavy atom. The topological polar surface area (TPSA) is 12.9 Å².